The Morgan fingerprint density at radius 2 is 1.86 bits per heavy atom. The topological polar surface area (TPSA) is 38.3 Å². The van der Waals surface area contributed by atoms with E-state index in [9.17, 15) is 4.79 Å². The van der Waals surface area contributed by atoms with Crippen LogP contribution in [0.3, 0.4) is 0 Å². The highest BCUT2D eigenvalue weighted by atomic mass is 16.5. The molecule has 0 aromatic rings. The molecular formula is C11H23NO2. The standard InChI is InChI=1S/C11H23NO2/c1-8(2)11(4,5)7-12-9(3)10(13)14-6/h8-9,12H,7H2,1-6H3. The maximum absolute atomic E-state index is 11.1. The first-order valence-electron chi connectivity index (χ1n) is 5.12. The lowest BCUT2D eigenvalue weighted by atomic mass is 9.81. The molecule has 0 bridgehead atoms. The third-order valence-corrected chi connectivity index (χ3v) is 2.98. The smallest absolute Gasteiger partial charge is 0.322 e. The van der Waals surface area contributed by atoms with E-state index in [-0.39, 0.29) is 17.4 Å². The van der Waals surface area contributed by atoms with Crippen molar-refractivity contribution in [2.75, 3.05) is 13.7 Å². The highest BCUT2D eigenvalue weighted by Crippen LogP contribution is 2.24. The van der Waals surface area contributed by atoms with Gasteiger partial charge in [-0.05, 0) is 18.3 Å². The summed E-state index contributed by atoms with van der Waals surface area (Å²) >= 11 is 0. The van der Waals surface area contributed by atoms with Crippen molar-refractivity contribution in [2.24, 2.45) is 11.3 Å². The highest BCUT2D eigenvalue weighted by molar-refractivity contribution is 5.75. The van der Waals surface area contributed by atoms with Crippen molar-refractivity contribution >= 4 is 5.97 Å². The number of carbonyl (C=O) groups is 1. The van der Waals surface area contributed by atoms with Gasteiger partial charge in [-0.25, -0.2) is 0 Å². The van der Waals surface area contributed by atoms with Crippen LogP contribution in [-0.2, 0) is 9.53 Å². The summed E-state index contributed by atoms with van der Waals surface area (Å²) in [4.78, 5) is 11.1. The molecule has 0 aliphatic rings. The molecule has 0 heterocycles. The predicted octanol–water partition coefficient (Wildman–Crippen LogP) is 1.82. The summed E-state index contributed by atoms with van der Waals surface area (Å²) < 4.78 is 4.64. The minimum Gasteiger partial charge on any atom is -0.468 e. The SMILES string of the molecule is COC(=O)C(C)NCC(C)(C)C(C)C. The number of esters is 1. The number of rotatable bonds is 5. The Morgan fingerprint density at radius 3 is 2.21 bits per heavy atom. The van der Waals surface area contributed by atoms with Crippen molar-refractivity contribution in [3.05, 3.63) is 0 Å². The van der Waals surface area contributed by atoms with E-state index in [2.05, 4.69) is 37.7 Å². The average molecular weight is 201 g/mol. The van der Waals surface area contributed by atoms with E-state index in [1.807, 2.05) is 6.92 Å². The predicted molar refractivity (Wildman–Crippen MR) is 58.1 cm³/mol. The first-order chi connectivity index (χ1) is 6.31. The van der Waals surface area contributed by atoms with Crippen molar-refractivity contribution in [3.8, 4) is 0 Å². The van der Waals surface area contributed by atoms with Crippen LogP contribution in [0.15, 0.2) is 0 Å². The van der Waals surface area contributed by atoms with Gasteiger partial charge in [-0.2, -0.15) is 0 Å². The van der Waals surface area contributed by atoms with Crippen LogP contribution in [-0.4, -0.2) is 25.7 Å². The summed E-state index contributed by atoms with van der Waals surface area (Å²) in [6.07, 6.45) is 0. The molecule has 3 nitrogen and oxygen atoms in total. The molecule has 3 heteroatoms. The molecule has 0 aromatic carbocycles. The maximum atomic E-state index is 11.1. The molecule has 0 saturated heterocycles. The molecule has 1 unspecified atom stereocenters. The van der Waals surface area contributed by atoms with Crippen LogP contribution in [0.25, 0.3) is 0 Å². The van der Waals surface area contributed by atoms with Gasteiger partial charge in [0.15, 0.2) is 0 Å². The second kappa shape index (κ2) is 5.35. The third-order valence-electron chi connectivity index (χ3n) is 2.98. The number of carbonyl (C=O) groups excluding carboxylic acids is 1. The molecule has 0 amide bonds. The molecule has 0 spiro atoms. The largest absolute Gasteiger partial charge is 0.468 e. The van der Waals surface area contributed by atoms with E-state index in [0.29, 0.717) is 5.92 Å². The second-order valence-corrected chi connectivity index (χ2v) is 4.77. The van der Waals surface area contributed by atoms with Crippen LogP contribution >= 0.6 is 0 Å². The van der Waals surface area contributed by atoms with Gasteiger partial charge < -0.3 is 10.1 Å². The third kappa shape index (κ3) is 4.09. The van der Waals surface area contributed by atoms with Crippen LogP contribution in [0.4, 0.5) is 0 Å². The molecule has 0 fully saturated rings. The van der Waals surface area contributed by atoms with Gasteiger partial charge in [0, 0.05) is 6.54 Å². The summed E-state index contributed by atoms with van der Waals surface area (Å²) in [5, 5.41) is 3.18. The van der Waals surface area contributed by atoms with E-state index in [0.717, 1.165) is 6.54 Å². The fourth-order valence-electron chi connectivity index (χ4n) is 0.880. The number of hydrogen-bond acceptors (Lipinski definition) is 3. The zero-order valence-corrected chi connectivity index (χ0v) is 10.2. The van der Waals surface area contributed by atoms with E-state index in [4.69, 9.17) is 0 Å². The lowest BCUT2D eigenvalue weighted by Gasteiger charge is -2.30. The molecule has 1 N–H and O–H groups in total. The monoisotopic (exact) mass is 201 g/mol. The summed E-state index contributed by atoms with van der Waals surface area (Å²) in [7, 11) is 1.41. The van der Waals surface area contributed by atoms with Gasteiger partial charge in [0.2, 0.25) is 0 Å². The van der Waals surface area contributed by atoms with Crippen molar-refractivity contribution in [1.29, 1.82) is 0 Å². The van der Waals surface area contributed by atoms with E-state index in [1.165, 1.54) is 7.11 Å². The van der Waals surface area contributed by atoms with Crippen LogP contribution < -0.4 is 5.32 Å². The molecular weight excluding hydrogens is 178 g/mol. The molecule has 0 saturated carbocycles. The minimum atomic E-state index is -0.224. The molecule has 0 aliphatic carbocycles. The van der Waals surface area contributed by atoms with Crippen LogP contribution in [0, 0.1) is 11.3 Å². The summed E-state index contributed by atoms with van der Waals surface area (Å²) in [6, 6.07) is -0.224. The van der Waals surface area contributed by atoms with E-state index >= 15 is 0 Å². The van der Waals surface area contributed by atoms with Crippen molar-refractivity contribution < 1.29 is 9.53 Å². The molecule has 0 radical (unpaired) electrons. The van der Waals surface area contributed by atoms with Crippen molar-refractivity contribution in [1.82, 2.24) is 5.32 Å². The minimum absolute atomic E-state index is 0.197. The number of nitrogens with one attached hydrogen (secondary N) is 1. The molecule has 84 valence electrons. The Labute approximate surface area is 87.2 Å². The Balaban J connectivity index is 3.99. The van der Waals surface area contributed by atoms with Gasteiger partial charge in [-0.15, -0.1) is 0 Å². The first kappa shape index (κ1) is 13.4. The number of hydrogen-bond donors (Lipinski definition) is 1. The average Bonchev–Trinajstić information content (AvgIpc) is 2.12. The van der Waals surface area contributed by atoms with Gasteiger partial charge in [-0.3, -0.25) is 4.79 Å². The molecule has 0 rings (SSSR count). The van der Waals surface area contributed by atoms with Crippen molar-refractivity contribution in [3.63, 3.8) is 0 Å². The van der Waals surface area contributed by atoms with Gasteiger partial charge in [-0.1, -0.05) is 27.7 Å². The Kier molecular flexibility index (Phi) is 5.13. The second-order valence-electron chi connectivity index (χ2n) is 4.77. The summed E-state index contributed by atoms with van der Waals surface area (Å²) in [5.74, 6) is 0.379. The molecule has 0 aromatic heterocycles. The van der Waals surface area contributed by atoms with Gasteiger partial charge in [0.05, 0.1) is 7.11 Å². The quantitative estimate of drug-likeness (QED) is 0.689. The molecule has 0 aliphatic heterocycles. The Morgan fingerprint density at radius 1 is 1.36 bits per heavy atom. The zero-order valence-electron chi connectivity index (χ0n) is 10.2. The van der Waals surface area contributed by atoms with Gasteiger partial charge in [0.25, 0.3) is 0 Å². The van der Waals surface area contributed by atoms with Crippen molar-refractivity contribution in [2.45, 2.75) is 40.7 Å². The summed E-state index contributed by atoms with van der Waals surface area (Å²) in [5.41, 5.74) is 0.197. The van der Waals surface area contributed by atoms with Crippen LogP contribution in [0.5, 0.6) is 0 Å². The first-order valence-corrected chi connectivity index (χ1v) is 5.12. The normalized spacial score (nSPS) is 14.2. The highest BCUT2D eigenvalue weighted by Gasteiger charge is 2.24. The molecule has 1 atom stereocenters. The lowest BCUT2D eigenvalue weighted by molar-refractivity contribution is -0.142. The number of ether oxygens (including phenoxy) is 1. The zero-order chi connectivity index (χ0) is 11.4. The van der Waals surface area contributed by atoms with Gasteiger partial charge >= 0.3 is 5.97 Å². The van der Waals surface area contributed by atoms with Crippen LogP contribution in [0.1, 0.15) is 34.6 Å². The maximum Gasteiger partial charge on any atom is 0.322 e. The fourth-order valence-corrected chi connectivity index (χ4v) is 0.880. The Hall–Kier alpha value is -0.570. The van der Waals surface area contributed by atoms with E-state index < -0.39 is 0 Å². The van der Waals surface area contributed by atoms with Gasteiger partial charge in [0.1, 0.15) is 6.04 Å². The summed E-state index contributed by atoms with van der Waals surface area (Å²) in [6.45, 7) is 11.4. The van der Waals surface area contributed by atoms with E-state index in [1.54, 1.807) is 0 Å². The lowest BCUT2D eigenvalue weighted by Crippen LogP contribution is -2.42. The van der Waals surface area contributed by atoms with Crippen LogP contribution in [0.2, 0.25) is 0 Å². The number of methoxy groups -OCH3 is 1. The Bertz CT molecular complexity index is 188. The fraction of sp³-hybridized carbons (Fsp3) is 0.909. The molecule has 14 heavy (non-hydrogen) atoms.